The molecule has 1 aromatic carbocycles. The topological polar surface area (TPSA) is 39.1 Å². The van der Waals surface area contributed by atoms with Crippen molar-refractivity contribution in [2.45, 2.75) is 26.7 Å². The van der Waals surface area contributed by atoms with E-state index in [1.807, 2.05) is 11.0 Å². The first-order chi connectivity index (χ1) is 8.43. The lowest BCUT2D eigenvalue weighted by Crippen LogP contribution is -2.29. The summed E-state index contributed by atoms with van der Waals surface area (Å²) in [6, 6.07) is 2.01. The Kier molecular flexibility index (Phi) is 3.87. The Balaban J connectivity index is 2.58. The van der Waals surface area contributed by atoms with Gasteiger partial charge in [-0.2, -0.15) is 0 Å². The molecule has 1 fully saturated rings. The van der Waals surface area contributed by atoms with Crippen LogP contribution in [0, 0.1) is 12.3 Å². The van der Waals surface area contributed by atoms with Gasteiger partial charge in [0.25, 0.3) is 0 Å². The molecule has 0 aliphatic carbocycles. The van der Waals surface area contributed by atoms with Crippen LogP contribution in [0.2, 0.25) is 5.02 Å². The average molecular weight is 331 g/mol. The molecule has 18 heavy (non-hydrogen) atoms. The van der Waals surface area contributed by atoms with E-state index in [4.69, 9.17) is 17.0 Å². The predicted molar refractivity (Wildman–Crippen MR) is 81.1 cm³/mol. The van der Waals surface area contributed by atoms with Crippen LogP contribution < -0.4 is 10.2 Å². The Labute approximate surface area is 121 Å². The van der Waals surface area contributed by atoms with Crippen LogP contribution in [0.5, 0.6) is 0 Å². The van der Waals surface area contributed by atoms with Crippen molar-refractivity contribution in [3.8, 4) is 0 Å². The summed E-state index contributed by atoms with van der Waals surface area (Å²) in [6.07, 6.45) is 0. The number of nitrogens with zero attached hydrogens (tertiary/aromatic N) is 1. The van der Waals surface area contributed by atoms with Gasteiger partial charge in [-0.05, 0) is 46.0 Å². The number of rotatable bonds is 2. The molecule has 2 rings (SSSR count). The lowest BCUT2D eigenvalue weighted by Gasteiger charge is -2.24. The molecule has 1 heterocycles. The van der Waals surface area contributed by atoms with Crippen LogP contribution in [-0.4, -0.2) is 19.0 Å². The van der Waals surface area contributed by atoms with Gasteiger partial charge in [0.15, 0.2) is 5.96 Å². The molecular formula is C13H17BrClN3. The molecule has 0 unspecified atom stereocenters. The third-order valence-electron chi connectivity index (χ3n) is 3.26. The fourth-order valence-electron chi connectivity index (χ4n) is 2.42. The highest BCUT2D eigenvalue weighted by Crippen LogP contribution is 2.39. The summed E-state index contributed by atoms with van der Waals surface area (Å²) in [4.78, 5) is 1.99. The highest BCUT2D eigenvalue weighted by Gasteiger charge is 2.23. The van der Waals surface area contributed by atoms with Crippen molar-refractivity contribution in [3.63, 3.8) is 0 Å². The molecule has 0 bridgehead atoms. The van der Waals surface area contributed by atoms with E-state index < -0.39 is 0 Å². The molecule has 98 valence electrons. The normalized spacial score (nSPS) is 15.4. The highest BCUT2D eigenvalue weighted by atomic mass is 79.9. The number of nitrogens with one attached hydrogen (secondary N) is 2. The van der Waals surface area contributed by atoms with Crippen LogP contribution >= 0.6 is 27.5 Å². The van der Waals surface area contributed by atoms with Crippen molar-refractivity contribution in [1.29, 1.82) is 5.41 Å². The first-order valence-electron chi connectivity index (χ1n) is 6.02. The van der Waals surface area contributed by atoms with Gasteiger partial charge >= 0.3 is 0 Å². The molecule has 5 heteroatoms. The highest BCUT2D eigenvalue weighted by molar-refractivity contribution is 9.10. The lowest BCUT2D eigenvalue weighted by atomic mass is 9.96. The van der Waals surface area contributed by atoms with E-state index in [9.17, 15) is 0 Å². The predicted octanol–water partition coefficient (Wildman–Crippen LogP) is 3.88. The Morgan fingerprint density at radius 3 is 2.67 bits per heavy atom. The molecule has 0 atom stereocenters. The Morgan fingerprint density at radius 2 is 2.17 bits per heavy atom. The monoisotopic (exact) mass is 329 g/mol. The summed E-state index contributed by atoms with van der Waals surface area (Å²) in [6.45, 7) is 7.99. The van der Waals surface area contributed by atoms with Gasteiger partial charge in [0.1, 0.15) is 0 Å². The number of benzene rings is 1. The van der Waals surface area contributed by atoms with E-state index in [0.29, 0.717) is 11.9 Å². The molecule has 3 nitrogen and oxygen atoms in total. The summed E-state index contributed by atoms with van der Waals surface area (Å²) in [5.74, 6) is 0.820. The summed E-state index contributed by atoms with van der Waals surface area (Å²) < 4.78 is 0.896. The zero-order valence-electron chi connectivity index (χ0n) is 10.8. The van der Waals surface area contributed by atoms with Gasteiger partial charge in [-0.15, -0.1) is 0 Å². The number of hydrogen-bond acceptors (Lipinski definition) is 1. The van der Waals surface area contributed by atoms with Gasteiger partial charge in [-0.1, -0.05) is 25.4 Å². The third-order valence-corrected chi connectivity index (χ3v) is 4.52. The van der Waals surface area contributed by atoms with Crippen molar-refractivity contribution in [3.05, 3.63) is 26.7 Å². The molecule has 0 amide bonds. The molecule has 1 saturated heterocycles. The molecule has 0 spiro atoms. The van der Waals surface area contributed by atoms with Crippen LogP contribution in [0.25, 0.3) is 0 Å². The first kappa shape index (κ1) is 13.7. The lowest BCUT2D eigenvalue weighted by molar-refractivity contribution is 0.853. The van der Waals surface area contributed by atoms with Crippen molar-refractivity contribution >= 4 is 39.2 Å². The van der Waals surface area contributed by atoms with Gasteiger partial charge < -0.3 is 10.2 Å². The van der Waals surface area contributed by atoms with Gasteiger partial charge in [0.05, 0.1) is 5.02 Å². The standard InChI is InChI=1S/C13H17BrClN3/c1-7(2)11-8(3)10(6-9(14)12(11)15)18-5-4-17-13(18)16/h6-7H,4-5H2,1-3H3,(H2,16,17). The van der Waals surface area contributed by atoms with Crippen LogP contribution in [0.1, 0.15) is 30.9 Å². The number of hydrogen-bond donors (Lipinski definition) is 2. The van der Waals surface area contributed by atoms with Crippen molar-refractivity contribution in [1.82, 2.24) is 5.32 Å². The van der Waals surface area contributed by atoms with Gasteiger partial charge in [0, 0.05) is 23.2 Å². The van der Waals surface area contributed by atoms with E-state index in [-0.39, 0.29) is 0 Å². The zero-order valence-corrected chi connectivity index (χ0v) is 13.1. The number of guanidine groups is 1. The molecule has 1 aliphatic rings. The van der Waals surface area contributed by atoms with Gasteiger partial charge in [-0.3, -0.25) is 5.41 Å². The molecule has 1 aliphatic heterocycles. The first-order valence-corrected chi connectivity index (χ1v) is 7.19. The molecule has 0 radical (unpaired) electrons. The SMILES string of the molecule is Cc1c(N2CCNC2=N)cc(Br)c(Cl)c1C(C)C. The number of halogens is 2. The van der Waals surface area contributed by atoms with Crippen LogP contribution in [0.3, 0.4) is 0 Å². The molecule has 0 saturated carbocycles. The van der Waals surface area contributed by atoms with Gasteiger partial charge in [0.2, 0.25) is 0 Å². The van der Waals surface area contributed by atoms with Crippen molar-refractivity contribution < 1.29 is 0 Å². The van der Waals surface area contributed by atoms with E-state index in [0.717, 1.165) is 39.4 Å². The average Bonchev–Trinajstić information content (AvgIpc) is 2.70. The van der Waals surface area contributed by atoms with E-state index >= 15 is 0 Å². The maximum atomic E-state index is 7.91. The maximum absolute atomic E-state index is 7.91. The molecule has 2 N–H and O–H groups in total. The van der Waals surface area contributed by atoms with Gasteiger partial charge in [-0.25, -0.2) is 0 Å². The maximum Gasteiger partial charge on any atom is 0.195 e. The van der Waals surface area contributed by atoms with Crippen LogP contribution in [0.15, 0.2) is 10.5 Å². The van der Waals surface area contributed by atoms with Crippen LogP contribution in [0.4, 0.5) is 5.69 Å². The second-order valence-electron chi connectivity index (χ2n) is 4.81. The van der Waals surface area contributed by atoms with E-state index in [2.05, 4.69) is 42.0 Å². The van der Waals surface area contributed by atoms with Crippen LogP contribution in [-0.2, 0) is 0 Å². The quantitative estimate of drug-likeness (QED) is 0.864. The summed E-state index contributed by atoms with van der Waals surface area (Å²) in [5.41, 5.74) is 3.37. The number of anilines is 1. The summed E-state index contributed by atoms with van der Waals surface area (Å²) >= 11 is 9.89. The fourth-order valence-corrected chi connectivity index (χ4v) is 3.27. The second-order valence-corrected chi connectivity index (χ2v) is 6.04. The van der Waals surface area contributed by atoms with E-state index in [1.54, 1.807) is 0 Å². The largest absolute Gasteiger partial charge is 0.354 e. The minimum absolute atomic E-state index is 0.360. The van der Waals surface area contributed by atoms with Crippen molar-refractivity contribution in [2.24, 2.45) is 0 Å². The Hall–Kier alpha value is -0.740. The molecule has 0 aromatic heterocycles. The van der Waals surface area contributed by atoms with E-state index in [1.165, 1.54) is 0 Å². The molecule has 1 aromatic rings. The van der Waals surface area contributed by atoms with Crippen molar-refractivity contribution in [2.75, 3.05) is 18.0 Å². The zero-order chi connectivity index (χ0) is 13.4. The minimum Gasteiger partial charge on any atom is -0.354 e. The fraction of sp³-hybridized carbons (Fsp3) is 0.462. The molecular weight excluding hydrogens is 314 g/mol. The minimum atomic E-state index is 0.360. The Morgan fingerprint density at radius 1 is 1.50 bits per heavy atom. The summed E-state index contributed by atoms with van der Waals surface area (Å²) in [5, 5.41) is 11.7. The second kappa shape index (κ2) is 5.10. The third kappa shape index (κ3) is 2.24. The Bertz CT molecular complexity index is 499. The smallest absolute Gasteiger partial charge is 0.195 e. The summed E-state index contributed by atoms with van der Waals surface area (Å²) in [7, 11) is 0.